The van der Waals surface area contributed by atoms with Crippen molar-refractivity contribution >= 4 is 12.2 Å². The van der Waals surface area contributed by atoms with Crippen LogP contribution in [-0.4, -0.2) is 25.8 Å². The minimum atomic E-state index is -4.50. The smallest absolute Gasteiger partial charge is 0.299 e. The molecule has 1 aliphatic heterocycles. The number of aromatic nitrogens is 3. The van der Waals surface area contributed by atoms with E-state index >= 15 is 0 Å². The van der Waals surface area contributed by atoms with Crippen LogP contribution in [0.5, 0.6) is 0 Å². The highest BCUT2D eigenvalue weighted by Gasteiger charge is 2.37. The maximum atomic E-state index is 12.9. The molecule has 0 fully saturated rings. The topological polar surface area (TPSA) is 26.0 Å². The fraction of sp³-hybridized carbons (Fsp3) is 0.429. The van der Waals surface area contributed by atoms with Gasteiger partial charge in [-0.3, -0.25) is 9.47 Å². The molecule has 0 aliphatic carbocycles. The van der Waals surface area contributed by atoms with Gasteiger partial charge in [0.1, 0.15) is 0 Å². The summed E-state index contributed by atoms with van der Waals surface area (Å²) in [6.45, 7) is 1.73. The number of benzene rings is 1. The summed E-state index contributed by atoms with van der Waals surface area (Å²) in [5.74, 6) is -0.963. The van der Waals surface area contributed by atoms with Crippen molar-refractivity contribution in [3.63, 3.8) is 0 Å². The molecule has 1 aromatic carbocycles. The largest absolute Gasteiger partial charge is 0.451 e. The molecule has 1 aliphatic rings. The van der Waals surface area contributed by atoms with E-state index in [4.69, 9.17) is 12.2 Å². The first-order valence-corrected chi connectivity index (χ1v) is 7.27. The SMILES string of the molecule is Cn1c(C(F)(F)F)nn(CN2CCc3ccccc3C2)c1=S. The van der Waals surface area contributed by atoms with Crippen LogP contribution in [0.2, 0.25) is 0 Å². The van der Waals surface area contributed by atoms with E-state index in [-0.39, 0.29) is 11.4 Å². The fourth-order valence-electron chi connectivity index (χ4n) is 2.69. The summed E-state index contributed by atoms with van der Waals surface area (Å²) in [5, 5.41) is 3.64. The van der Waals surface area contributed by atoms with Crippen molar-refractivity contribution in [1.82, 2.24) is 19.2 Å². The Morgan fingerprint density at radius 3 is 2.55 bits per heavy atom. The molecule has 2 aromatic rings. The van der Waals surface area contributed by atoms with Crippen LogP contribution in [0.4, 0.5) is 13.2 Å². The first kappa shape index (κ1) is 15.2. The fourth-order valence-corrected chi connectivity index (χ4v) is 2.88. The normalized spacial score (nSPS) is 15.8. The van der Waals surface area contributed by atoms with Gasteiger partial charge in [-0.2, -0.15) is 13.2 Å². The molecule has 22 heavy (non-hydrogen) atoms. The molecule has 0 atom stereocenters. The number of rotatable bonds is 2. The molecule has 0 unspecified atom stereocenters. The maximum absolute atomic E-state index is 12.9. The van der Waals surface area contributed by atoms with Crippen LogP contribution in [0.3, 0.4) is 0 Å². The first-order chi connectivity index (χ1) is 10.4. The molecule has 8 heteroatoms. The molecule has 0 bridgehead atoms. The quantitative estimate of drug-likeness (QED) is 0.793. The predicted molar refractivity (Wildman–Crippen MR) is 77.6 cm³/mol. The van der Waals surface area contributed by atoms with Gasteiger partial charge in [0.05, 0.1) is 6.67 Å². The molecule has 3 rings (SSSR count). The number of fused-ring (bicyclic) bond motifs is 1. The van der Waals surface area contributed by atoms with Crippen LogP contribution in [0.1, 0.15) is 17.0 Å². The third-order valence-corrected chi connectivity index (χ3v) is 4.32. The molecule has 0 N–H and O–H groups in total. The van der Waals surface area contributed by atoms with E-state index in [0.29, 0.717) is 6.54 Å². The van der Waals surface area contributed by atoms with Crippen LogP contribution < -0.4 is 0 Å². The Bertz CT molecular complexity index is 747. The predicted octanol–water partition coefficient (Wildman–Crippen LogP) is 2.99. The van der Waals surface area contributed by atoms with E-state index in [0.717, 1.165) is 17.5 Å². The molecule has 0 saturated carbocycles. The Balaban J connectivity index is 1.82. The third kappa shape index (κ3) is 2.80. The lowest BCUT2D eigenvalue weighted by Crippen LogP contribution is -2.32. The number of alkyl halides is 3. The van der Waals surface area contributed by atoms with Crippen LogP contribution in [0.25, 0.3) is 0 Å². The van der Waals surface area contributed by atoms with Gasteiger partial charge in [-0.05, 0) is 29.8 Å². The highest BCUT2D eigenvalue weighted by atomic mass is 32.1. The first-order valence-electron chi connectivity index (χ1n) is 6.86. The van der Waals surface area contributed by atoms with Crippen LogP contribution in [0, 0.1) is 4.77 Å². The lowest BCUT2D eigenvalue weighted by molar-refractivity contribution is -0.147. The second-order valence-electron chi connectivity index (χ2n) is 5.38. The summed E-state index contributed by atoms with van der Waals surface area (Å²) in [5.41, 5.74) is 2.49. The van der Waals surface area contributed by atoms with Gasteiger partial charge >= 0.3 is 6.18 Å². The van der Waals surface area contributed by atoms with Crippen molar-refractivity contribution < 1.29 is 13.2 Å². The summed E-state index contributed by atoms with van der Waals surface area (Å²) >= 11 is 5.07. The molecule has 2 heterocycles. The standard InChI is InChI=1S/C14H15F3N4S/c1-19-12(14(15,16)17)18-21(13(19)22)9-20-7-6-10-4-2-3-5-11(10)8-20/h2-5H,6-9H2,1H3. The highest BCUT2D eigenvalue weighted by Crippen LogP contribution is 2.27. The van der Waals surface area contributed by atoms with Gasteiger partial charge in [-0.25, -0.2) is 4.68 Å². The molecule has 0 saturated heterocycles. The zero-order valence-corrected chi connectivity index (χ0v) is 12.8. The van der Waals surface area contributed by atoms with E-state index < -0.39 is 12.0 Å². The van der Waals surface area contributed by atoms with E-state index in [9.17, 15) is 13.2 Å². The third-order valence-electron chi connectivity index (χ3n) is 3.84. The van der Waals surface area contributed by atoms with Crippen LogP contribution >= 0.6 is 12.2 Å². The van der Waals surface area contributed by atoms with Crippen molar-refractivity contribution in [2.75, 3.05) is 6.54 Å². The minimum Gasteiger partial charge on any atom is -0.299 e. The average molecular weight is 328 g/mol. The summed E-state index contributed by atoms with van der Waals surface area (Å²) in [4.78, 5) is 2.05. The summed E-state index contributed by atoms with van der Waals surface area (Å²) in [6, 6.07) is 8.09. The number of nitrogens with zero attached hydrogens (tertiary/aromatic N) is 4. The summed E-state index contributed by atoms with van der Waals surface area (Å²) < 4.78 is 40.8. The Morgan fingerprint density at radius 1 is 1.23 bits per heavy atom. The summed E-state index contributed by atoms with van der Waals surface area (Å²) in [7, 11) is 1.29. The molecular formula is C14H15F3N4S. The highest BCUT2D eigenvalue weighted by molar-refractivity contribution is 7.71. The molecule has 0 spiro atoms. The monoisotopic (exact) mass is 328 g/mol. The molecule has 118 valence electrons. The van der Waals surface area contributed by atoms with Crippen molar-refractivity contribution in [2.45, 2.75) is 25.8 Å². The second kappa shape index (κ2) is 5.51. The Labute approximate surface area is 130 Å². The second-order valence-corrected chi connectivity index (χ2v) is 5.74. The zero-order valence-electron chi connectivity index (χ0n) is 12.0. The Hall–Kier alpha value is -1.67. The van der Waals surface area contributed by atoms with E-state index in [1.165, 1.54) is 22.9 Å². The van der Waals surface area contributed by atoms with Gasteiger partial charge in [0.15, 0.2) is 4.77 Å². The van der Waals surface area contributed by atoms with Crippen LogP contribution in [-0.2, 0) is 32.9 Å². The van der Waals surface area contributed by atoms with E-state index in [1.54, 1.807) is 0 Å². The molecular weight excluding hydrogens is 313 g/mol. The van der Waals surface area contributed by atoms with Gasteiger partial charge in [0.25, 0.3) is 0 Å². The molecule has 0 radical (unpaired) electrons. The van der Waals surface area contributed by atoms with E-state index in [2.05, 4.69) is 11.2 Å². The number of halogens is 3. The maximum Gasteiger partial charge on any atom is 0.451 e. The van der Waals surface area contributed by atoms with Gasteiger partial charge in [0, 0.05) is 20.1 Å². The molecule has 4 nitrogen and oxygen atoms in total. The minimum absolute atomic E-state index is 0.0752. The Kier molecular flexibility index (Phi) is 3.82. The van der Waals surface area contributed by atoms with Gasteiger partial charge in [-0.15, -0.1) is 5.10 Å². The van der Waals surface area contributed by atoms with Crippen LogP contribution in [0.15, 0.2) is 24.3 Å². The summed E-state index contributed by atoms with van der Waals surface area (Å²) in [6.07, 6.45) is -3.62. The number of hydrogen-bond acceptors (Lipinski definition) is 3. The average Bonchev–Trinajstić information content (AvgIpc) is 2.75. The van der Waals surface area contributed by atoms with Crippen molar-refractivity contribution in [3.8, 4) is 0 Å². The van der Waals surface area contributed by atoms with Gasteiger partial charge in [0.2, 0.25) is 5.82 Å². The van der Waals surface area contributed by atoms with Gasteiger partial charge < -0.3 is 0 Å². The van der Waals surface area contributed by atoms with Gasteiger partial charge in [-0.1, -0.05) is 24.3 Å². The molecule has 1 aromatic heterocycles. The Morgan fingerprint density at radius 2 is 1.91 bits per heavy atom. The lowest BCUT2D eigenvalue weighted by atomic mass is 10.0. The zero-order chi connectivity index (χ0) is 15.9. The van der Waals surface area contributed by atoms with Crippen molar-refractivity contribution in [1.29, 1.82) is 0 Å². The lowest BCUT2D eigenvalue weighted by Gasteiger charge is -2.28. The van der Waals surface area contributed by atoms with E-state index in [1.807, 2.05) is 23.1 Å². The molecule has 0 amide bonds. The van der Waals surface area contributed by atoms with Crippen molar-refractivity contribution in [3.05, 3.63) is 46.0 Å². The number of hydrogen-bond donors (Lipinski definition) is 0. The van der Waals surface area contributed by atoms with Crippen molar-refractivity contribution in [2.24, 2.45) is 7.05 Å².